The van der Waals surface area contributed by atoms with Crippen LogP contribution in [0.5, 0.6) is 0 Å². The summed E-state index contributed by atoms with van der Waals surface area (Å²) < 4.78 is 9.07. The average Bonchev–Trinajstić information content (AvgIpc) is 2.91. The minimum atomic E-state index is -0.224. The van der Waals surface area contributed by atoms with Gasteiger partial charge in [0.2, 0.25) is 12.3 Å². The van der Waals surface area contributed by atoms with Gasteiger partial charge in [0.25, 0.3) is 0 Å². The highest BCUT2D eigenvalue weighted by molar-refractivity contribution is 5.69. The van der Waals surface area contributed by atoms with Gasteiger partial charge in [-0.25, -0.2) is 19.1 Å². The lowest BCUT2D eigenvalue weighted by molar-refractivity contribution is -0.671. The number of nitrogens with zero attached hydrogens (tertiary/aromatic N) is 6. The van der Waals surface area contributed by atoms with Gasteiger partial charge in [0.1, 0.15) is 31.1 Å². The lowest BCUT2D eigenvalue weighted by atomic mass is 10.4. The lowest BCUT2D eigenvalue weighted by Gasteiger charge is -2.10. The van der Waals surface area contributed by atoms with Crippen LogP contribution in [0.25, 0.3) is 0 Å². The van der Waals surface area contributed by atoms with Crippen molar-refractivity contribution in [1.29, 1.82) is 0 Å². The third-order valence-corrected chi connectivity index (χ3v) is 3.00. The number of anilines is 1. The Morgan fingerprint density at radius 2 is 2.23 bits per heavy atom. The maximum atomic E-state index is 11.7. The Kier molecular flexibility index (Phi) is 5.40. The van der Waals surface area contributed by atoms with Crippen LogP contribution >= 0.6 is 0 Å². The van der Waals surface area contributed by atoms with E-state index in [2.05, 4.69) is 15.0 Å². The fourth-order valence-corrected chi connectivity index (χ4v) is 1.84. The molecular formula is C14H21N6O2+. The minimum absolute atomic E-state index is 0.224. The van der Waals surface area contributed by atoms with Crippen LogP contribution in [0.3, 0.4) is 0 Å². The molecule has 0 saturated carbocycles. The molecule has 0 fully saturated rings. The summed E-state index contributed by atoms with van der Waals surface area (Å²) in [6.07, 6.45) is 8.05. The molecule has 0 aliphatic rings. The first-order valence-electron chi connectivity index (χ1n) is 7.06. The van der Waals surface area contributed by atoms with Crippen molar-refractivity contribution in [3.63, 3.8) is 0 Å². The molecule has 2 aromatic rings. The zero-order valence-corrected chi connectivity index (χ0v) is 13.1. The summed E-state index contributed by atoms with van der Waals surface area (Å²) in [4.78, 5) is 25.9. The molecule has 0 bridgehead atoms. The Hall–Kier alpha value is -2.51. The van der Waals surface area contributed by atoms with Gasteiger partial charge in [-0.3, -0.25) is 4.79 Å². The van der Waals surface area contributed by atoms with E-state index in [0.717, 1.165) is 0 Å². The van der Waals surface area contributed by atoms with Crippen molar-refractivity contribution in [2.24, 2.45) is 7.05 Å². The Bertz CT molecular complexity index is 625. The predicted octanol–water partition coefficient (Wildman–Crippen LogP) is -0.260. The van der Waals surface area contributed by atoms with Crippen molar-refractivity contribution in [2.45, 2.75) is 19.4 Å². The van der Waals surface area contributed by atoms with Gasteiger partial charge in [0, 0.05) is 20.5 Å². The van der Waals surface area contributed by atoms with Gasteiger partial charge >= 0.3 is 5.97 Å². The molecular weight excluding hydrogens is 284 g/mol. The van der Waals surface area contributed by atoms with E-state index in [9.17, 15) is 4.79 Å². The first-order valence-corrected chi connectivity index (χ1v) is 7.06. The molecule has 0 unspecified atom stereocenters. The second kappa shape index (κ2) is 7.48. The number of rotatable bonds is 7. The molecule has 0 atom stereocenters. The number of hydrogen-bond acceptors (Lipinski definition) is 6. The van der Waals surface area contributed by atoms with Gasteiger partial charge in [-0.2, -0.15) is 4.98 Å². The van der Waals surface area contributed by atoms with Gasteiger partial charge in [-0.15, -0.1) is 0 Å². The van der Waals surface area contributed by atoms with Gasteiger partial charge in [-0.05, 0) is 0 Å². The van der Waals surface area contributed by atoms with Crippen LogP contribution in [-0.2, 0) is 29.5 Å². The summed E-state index contributed by atoms with van der Waals surface area (Å²) in [5.41, 5.74) is 0. The zero-order valence-electron chi connectivity index (χ0n) is 13.1. The molecule has 8 nitrogen and oxygen atoms in total. The Morgan fingerprint density at radius 3 is 2.91 bits per heavy atom. The molecule has 118 valence electrons. The number of carbonyl (C=O) groups excluding carboxylic acids is 1. The number of aryl methyl sites for hydroxylation is 2. The van der Waals surface area contributed by atoms with Gasteiger partial charge in [0.05, 0.1) is 20.1 Å². The normalized spacial score (nSPS) is 10.5. The molecule has 8 heteroatoms. The first kappa shape index (κ1) is 15.9. The van der Waals surface area contributed by atoms with E-state index in [1.807, 2.05) is 49.0 Å². The molecule has 0 aromatic carbocycles. The van der Waals surface area contributed by atoms with E-state index in [-0.39, 0.29) is 12.6 Å². The highest BCUT2D eigenvalue weighted by atomic mass is 16.5. The van der Waals surface area contributed by atoms with Crippen LogP contribution in [0.2, 0.25) is 0 Å². The molecule has 2 rings (SSSR count). The number of carbonyl (C=O) groups is 1. The molecule has 22 heavy (non-hydrogen) atoms. The van der Waals surface area contributed by atoms with Crippen LogP contribution in [0.4, 0.5) is 5.95 Å². The van der Waals surface area contributed by atoms with Crippen LogP contribution in [0.15, 0.2) is 25.0 Å². The van der Waals surface area contributed by atoms with Crippen LogP contribution in [0.1, 0.15) is 12.2 Å². The minimum Gasteiger partial charge on any atom is -0.465 e. The standard InChI is InChI=1S/C14H21N6O2/c1-18(2)14-16-10-15-12(17-14)5-9-22-13(21)4-6-20-8-7-19(3)11-20/h7-8,10-11H,4-6,9H2,1-3H3/q+1. The first-order chi connectivity index (χ1) is 10.5. The molecule has 0 aliphatic carbocycles. The smallest absolute Gasteiger partial charge is 0.309 e. The molecule has 2 heterocycles. The van der Waals surface area contributed by atoms with E-state index in [1.54, 1.807) is 4.90 Å². The van der Waals surface area contributed by atoms with E-state index >= 15 is 0 Å². The van der Waals surface area contributed by atoms with Crippen molar-refractivity contribution in [3.8, 4) is 0 Å². The van der Waals surface area contributed by atoms with E-state index in [4.69, 9.17) is 4.74 Å². The number of aromatic nitrogens is 5. The van der Waals surface area contributed by atoms with Crippen molar-refractivity contribution in [3.05, 3.63) is 30.9 Å². The van der Waals surface area contributed by atoms with Gasteiger partial charge < -0.3 is 9.64 Å². The number of ether oxygens (including phenoxy) is 1. The molecule has 2 aromatic heterocycles. The summed E-state index contributed by atoms with van der Waals surface area (Å²) >= 11 is 0. The number of esters is 1. The SMILES string of the molecule is CN(C)c1ncnc(CCOC(=O)CCn2cc[n+](C)c2)n1. The summed E-state index contributed by atoms with van der Waals surface area (Å²) in [6, 6.07) is 0. The quantitative estimate of drug-likeness (QED) is 0.518. The van der Waals surface area contributed by atoms with E-state index in [0.29, 0.717) is 31.2 Å². The van der Waals surface area contributed by atoms with Gasteiger partial charge in [-0.1, -0.05) is 0 Å². The highest BCUT2D eigenvalue weighted by Crippen LogP contribution is 2.02. The lowest BCUT2D eigenvalue weighted by Crippen LogP contribution is -2.24. The fraction of sp³-hybridized carbons (Fsp3) is 0.500. The average molecular weight is 305 g/mol. The van der Waals surface area contributed by atoms with E-state index < -0.39 is 0 Å². The topological polar surface area (TPSA) is 77.0 Å². The molecule has 0 saturated heterocycles. The molecule has 0 radical (unpaired) electrons. The third kappa shape index (κ3) is 4.80. The highest BCUT2D eigenvalue weighted by Gasteiger charge is 2.08. The summed E-state index contributed by atoms with van der Waals surface area (Å²) in [6.45, 7) is 0.880. The van der Waals surface area contributed by atoms with Crippen LogP contribution in [-0.4, -0.2) is 46.2 Å². The third-order valence-electron chi connectivity index (χ3n) is 3.00. The molecule has 0 N–H and O–H groups in total. The number of hydrogen-bond donors (Lipinski definition) is 0. The second-order valence-corrected chi connectivity index (χ2v) is 5.13. The summed E-state index contributed by atoms with van der Waals surface area (Å²) in [5, 5.41) is 0. The summed E-state index contributed by atoms with van der Waals surface area (Å²) in [5.74, 6) is 0.985. The second-order valence-electron chi connectivity index (χ2n) is 5.13. The molecule has 0 aliphatic heterocycles. The largest absolute Gasteiger partial charge is 0.465 e. The Balaban J connectivity index is 1.71. The van der Waals surface area contributed by atoms with Crippen molar-refractivity contribution in [2.75, 3.05) is 25.6 Å². The molecule has 0 spiro atoms. The van der Waals surface area contributed by atoms with Crippen molar-refractivity contribution < 1.29 is 14.1 Å². The predicted molar refractivity (Wildman–Crippen MR) is 79.0 cm³/mol. The monoisotopic (exact) mass is 305 g/mol. The molecule has 0 amide bonds. The van der Waals surface area contributed by atoms with Crippen molar-refractivity contribution in [1.82, 2.24) is 19.5 Å². The maximum absolute atomic E-state index is 11.7. The number of imidazole rings is 1. The van der Waals surface area contributed by atoms with Crippen LogP contribution in [0, 0.1) is 0 Å². The zero-order chi connectivity index (χ0) is 15.9. The Morgan fingerprint density at radius 1 is 1.41 bits per heavy atom. The van der Waals surface area contributed by atoms with Crippen molar-refractivity contribution >= 4 is 11.9 Å². The maximum Gasteiger partial charge on any atom is 0.309 e. The van der Waals surface area contributed by atoms with Gasteiger partial charge in [0.15, 0.2) is 0 Å². The Labute approximate surface area is 129 Å². The van der Waals surface area contributed by atoms with E-state index in [1.165, 1.54) is 6.33 Å². The summed E-state index contributed by atoms with van der Waals surface area (Å²) in [7, 11) is 5.66. The van der Waals surface area contributed by atoms with Crippen LogP contribution < -0.4 is 9.47 Å². The fourth-order valence-electron chi connectivity index (χ4n) is 1.84.